The number of anilines is 3. The van der Waals surface area contributed by atoms with E-state index in [0.29, 0.717) is 22.6 Å². The summed E-state index contributed by atoms with van der Waals surface area (Å²) >= 11 is 0. The second-order valence-electron chi connectivity index (χ2n) is 6.20. The fraction of sp³-hybridized carbons (Fsp3) is 0.278. The van der Waals surface area contributed by atoms with Crippen molar-refractivity contribution >= 4 is 35.0 Å². The van der Waals surface area contributed by atoms with Crippen LogP contribution in [-0.4, -0.2) is 34.2 Å². The van der Waals surface area contributed by atoms with Crippen molar-refractivity contribution in [2.24, 2.45) is 0 Å². The first kappa shape index (κ1) is 18.3. The summed E-state index contributed by atoms with van der Waals surface area (Å²) in [5.74, 6) is -0.802. The molecule has 0 fully saturated rings. The van der Waals surface area contributed by atoms with Crippen molar-refractivity contribution in [2.45, 2.75) is 26.7 Å². The third kappa shape index (κ3) is 4.02. The number of fused-ring (bicyclic) bond motifs is 1. The highest BCUT2D eigenvalue weighted by Gasteiger charge is 2.26. The largest absolute Gasteiger partial charge is 0.323 e. The Morgan fingerprint density at radius 3 is 2.70 bits per heavy atom. The van der Waals surface area contributed by atoms with Gasteiger partial charge in [0.2, 0.25) is 23.7 Å². The van der Waals surface area contributed by atoms with E-state index in [-0.39, 0.29) is 43.1 Å². The van der Waals surface area contributed by atoms with Gasteiger partial charge in [0.25, 0.3) is 5.56 Å². The Balaban J connectivity index is 1.76. The van der Waals surface area contributed by atoms with Crippen molar-refractivity contribution in [1.29, 1.82) is 0 Å². The first-order valence-electron chi connectivity index (χ1n) is 8.42. The summed E-state index contributed by atoms with van der Waals surface area (Å²) in [6, 6.07) is 7.05. The second-order valence-corrected chi connectivity index (χ2v) is 6.20. The van der Waals surface area contributed by atoms with Crippen molar-refractivity contribution in [3.05, 3.63) is 45.9 Å². The molecule has 1 aromatic heterocycles. The summed E-state index contributed by atoms with van der Waals surface area (Å²) in [7, 11) is 0. The summed E-state index contributed by atoms with van der Waals surface area (Å²) < 4.78 is 0. The van der Waals surface area contributed by atoms with Crippen LogP contribution in [0.15, 0.2) is 29.1 Å². The molecule has 3 N–H and O–H groups in total. The number of benzene rings is 1. The molecule has 2 aromatic rings. The van der Waals surface area contributed by atoms with Crippen LogP contribution >= 0.6 is 0 Å². The van der Waals surface area contributed by atoms with Gasteiger partial charge in [0.15, 0.2) is 0 Å². The fourth-order valence-electron chi connectivity index (χ4n) is 2.95. The Labute approximate surface area is 154 Å². The van der Waals surface area contributed by atoms with Crippen molar-refractivity contribution in [3.8, 4) is 0 Å². The van der Waals surface area contributed by atoms with Crippen molar-refractivity contribution in [2.75, 3.05) is 22.1 Å². The number of carbonyl (C=O) groups is 3. The monoisotopic (exact) mass is 369 g/mol. The van der Waals surface area contributed by atoms with Crippen LogP contribution in [0.25, 0.3) is 0 Å². The molecule has 0 aliphatic carbocycles. The molecule has 0 unspecified atom stereocenters. The van der Waals surface area contributed by atoms with Gasteiger partial charge in [0.05, 0.1) is 11.4 Å². The normalized spacial score (nSPS) is 13.0. The van der Waals surface area contributed by atoms with Crippen LogP contribution in [0.3, 0.4) is 0 Å². The molecule has 9 nitrogen and oxygen atoms in total. The average molecular weight is 369 g/mol. The van der Waals surface area contributed by atoms with Gasteiger partial charge in [-0.25, -0.2) is 4.98 Å². The minimum Gasteiger partial charge on any atom is -0.323 e. The van der Waals surface area contributed by atoms with Gasteiger partial charge in [0.1, 0.15) is 6.54 Å². The van der Waals surface area contributed by atoms with Crippen molar-refractivity contribution in [3.63, 3.8) is 0 Å². The van der Waals surface area contributed by atoms with Crippen LogP contribution < -0.4 is 21.1 Å². The number of aryl methyl sites for hydroxylation is 1. The lowest BCUT2D eigenvalue weighted by Crippen LogP contribution is -2.42. The van der Waals surface area contributed by atoms with Gasteiger partial charge in [-0.2, -0.15) is 0 Å². The number of nitrogens with one attached hydrogen (secondary N) is 3. The van der Waals surface area contributed by atoms with Crippen LogP contribution in [0.2, 0.25) is 0 Å². The van der Waals surface area contributed by atoms with E-state index in [4.69, 9.17) is 0 Å². The summed E-state index contributed by atoms with van der Waals surface area (Å²) in [4.78, 5) is 55.9. The highest BCUT2D eigenvalue weighted by molar-refractivity contribution is 6.09. The maximum Gasteiger partial charge on any atom is 0.255 e. The van der Waals surface area contributed by atoms with E-state index in [1.54, 1.807) is 31.2 Å². The molecule has 0 saturated carbocycles. The van der Waals surface area contributed by atoms with Crippen LogP contribution in [-0.2, 0) is 20.8 Å². The summed E-state index contributed by atoms with van der Waals surface area (Å²) in [5, 5.41) is 5.15. The molecule has 1 aliphatic heterocycles. The molecule has 0 bridgehead atoms. The molecule has 140 valence electrons. The summed E-state index contributed by atoms with van der Waals surface area (Å²) in [5.41, 5.74) is 1.61. The number of aromatic amines is 1. The molecular formula is C18H19N5O4. The third-order valence-corrected chi connectivity index (χ3v) is 4.18. The summed E-state index contributed by atoms with van der Waals surface area (Å²) in [6.07, 6.45) is 0.223. The number of aromatic nitrogens is 2. The number of rotatable bonds is 4. The highest BCUT2D eigenvalue weighted by Crippen LogP contribution is 2.29. The zero-order valence-electron chi connectivity index (χ0n) is 15.0. The Morgan fingerprint density at radius 2 is 2.00 bits per heavy atom. The topological polar surface area (TPSA) is 124 Å². The highest BCUT2D eigenvalue weighted by atomic mass is 16.2. The number of nitrogens with zero attached hydrogens (tertiary/aromatic N) is 2. The van der Waals surface area contributed by atoms with E-state index in [1.807, 2.05) is 0 Å². The minimum absolute atomic E-state index is 0.0483. The maximum atomic E-state index is 12.7. The molecule has 2 heterocycles. The smallest absolute Gasteiger partial charge is 0.255 e. The Kier molecular flexibility index (Phi) is 5.02. The van der Waals surface area contributed by atoms with E-state index in [2.05, 4.69) is 20.6 Å². The predicted octanol–water partition coefficient (Wildman–Crippen LogP) is 0.955. The lowest BCUT2D eigenvalue weighted by molar-refractivity contribution is -0.121. The number of carbonyl (C=O) groups excluding carboxylic acids is 3. The zero-order valence-corrected chi connectivity index (χ0v) is 15.0. The van der Waals surface area contributed by atoms with Gasteiger partial charge in [-0.3, -0.25) is 29.5 Å². The van der Waals surface area contributed by atoms with Gasteiger partial charge in [-0.1, -0.05) is 12.1 Å². The lowest BCUT2D eigenvalue weighted by atomic mass is 10.1. The molecule has 1 aromatic carbocycles. The average Bonchev–Trinajstić information content (AvgIpc) is 2.59. The Hall–Kier alpha value is -3.49. The van der Waals surface area contributed by atoms with E-state index < -0.39 is 5.56 Å². The van der Waals surface area contributed by atoms with E-state index in [9.17, 15) is 19.2 Å². The molecule has 9 heteroatoms. The maximum absolute atomic E-state index is 12.7. The lowest BCUT2D eigenvalue weighted by Gasteiger charge is -2.29. The van der Waals surface area contributed by atoms with Crippen molar-refractivity contribution < 1.29 is 14.4 Å². The first-order valence-corrected chi connectivity index (χ1v) is 8.42. The molecule has 1 aliphatic rings. The number of para-hydroxylation sites is 2. The first-order chi connectivity index (χ1) is 12.8. The van der Waals surface area contributed by atoms with Crippen LogP contribution in [0.1, 0.15) is 24.6 Å². The molecule has 0 radical (unpaired) electrons. The SMILES string of the molecule is CC(=O)Nc1nc(C)c(CCC(=O)N2CC(=O)Nc3ccccc32)c(=O)[nH]1. The number of hydrogen-bond acceptors (Lipinski definition) is 5. The van der Waals surface area contributed by atoms with Crippen LogP contribution in [0.5, 0.6) is 0 Å². The zero-order chi connectivity index (χ0) is 19.6. The fourth-order valence-corrected chi connectivity index (χ4v) is 2.95. The molecule has 0 spiro atoms. The number of hydrogen-bond donors (Lipinski definition) is 3. The van der Waals surface area contributed by atoms with Gasteiger partial charge in [0, 0.05) is 24.6 Å². The molecule has 0 saturated heterocycles. The molecular weight excluding hydrogens is 350 g/mol. The standard InChI is InChI=1S/C18H19N5O4/c1-10-12(17(27)22-18(19-10)20-11(2)24)7-8-16(26)23-9-15(25)21-13-5-3-4-6-14(13)23/h3-6H,7-9H2,1-2H3,(H,21,25)(H2,19,20,22,24,27). The van der Waals surface area contributed by atoms with Gasteiger partial charge in [-0.15, -0.1) is 0 Å². The minimum atomic E-state index is -0.407. The third-order valence-electron chi connectivity index (χ3n) is 4.18. The van der Waals surface area contributed by atoms with E-state index in [0.717, 1.165) is 0 Å². The van der Waals surface area contributed by atoms with Crippen molar-refractivity contribution in [1.82, 2.24) is 9.97 Å². The van der Waals surface area contributed by atoms with E-state index in [1.165, 1.54) is 11.8 Å². The molecule has 0 atom stereocenters. The number of H-pyrrole nitrogens is 1. The summed E-state index contributed by atoms with van der Waals surface area (Å²) in [6.45, 7) is 2.89. The molecule has 3 amide bonds. The Morgan fingerprint density at radius 1 is 1.26 bits per heavy atom. The van der Waals surface area contributed by atoms with Crippen LogP contribution in [0.4, 0.5) is 17.3 Å². The molecule has 3 rings (SSSR count). The van der Waals surface area contributed by atoms with Crippen LogP contribution in [0, 0.1) is 6.92 Å². The number of amides is 3. The Bertz CT molecular complexity index is 982. The van der Waals surface area contributed by atoms with E-state index >= 15 is 0 Å². The second kappa shape index (κ2) is 7.40. The van der Waals surface area contributed by atoms with Gasteiger partial charge in [-0.05, 0) is 25.5 Å². The van der Waals surface area contributed by atoms with Gasteiger partial charge < -0.3 is 10.2 Å². The predicted molar refractivity (Wildman–Crippen MR) is 99.6 cm³/mol. The molecule has 27 heavy (non-hydrogen) atoms. The quantitative estimate of drug-likeness (QED) is 0.740. The van der Waals surface area contributed by atoms with Gasteiger partial charge >= 0.3 is 0 Å².